The summed E-state index contributed by atoms with van der Waals surface area (Å²) < 4.78 is 6.21. The second kappa shape index (κ2) is 8.72. The van der Waals surface area contributed by atoms with E-state index >= 15 is 0 Å². The molecule has 0 atom stereocenters. The number of carboxylic acids is 1. The van der Waals surface area contributed by atoms with Crippen molar-refractivity contribution >= 4 is 22.8 Å². The number of carboxylic acid groups (broad SMARTS) is 1. The zero-order valence-electron chi connectivity index (χ0n) is 18.5. The Kier molecular flexibility index (Phi) is 5.83. The van der Waals surface area contributed by atoms with Crippen molar-refractivity contribution in [1.29, 1.82) is 0 Å². The van der Waals surface area contributed by atoms with Crippen LogP contribution in [0.25, 0.3) is 28.0 Å². The van der Waals surface area contributed by atoms with Gasteiger partial charge in [-0.25, -0.2) is 4.79 Å². The highest BCUT2D eigenvalue weighted by Gasteiger charge is 2.14. The molecule has 0 unspecified atom stereocenters. The van der Waals surface area contributed by atoms with Gasteiger partial charge in [0.2, 0.25) is 0 Å². The molecule has 32 heavy (non-hydrogen) atoms. The Morgan fingerprint density at radius 3 is 2.16 bits per heavy atom. The maximum absolute atomic E-state index is 11.1. The van der Waals surface area contributed by atoms with E-state index in [9.17, 15) is 4.79 Å². The van der Waals surface area contributed by atoms with Crippen molar-refractivity contribution in [1.82, 2.24) is 0 Å². The molecule has 3 heteroatoms. The van der Waals surface area contributed by atoms with E-state index in [1.807, 2.05) is 42.5 Å². The van der Waals surface area contributed by atoms with Crippen molar-refractivity contribution in [2.75, 3.05) is 0 Å². The lowest BCUT2D eigenvalue weighted by Gasteiger charge is -2.19. The maximum Gasteiger partial charge on any atom is 0.328 e. The molecule has 0 spiro atoms. The average molecular weight is 423 g/mol. The fraction of sp³-hybridized carbons (Fsp3) is 0.138. The standard InChI is InChI=1S/C29H26O3/c1-29(2,3)25-13-15-26(16-14-25)32-27-19-24(11-9-21(27)12-17-28(30)31)23-10-8-20-6-4-5-7-22(20)18-23/h4-19H,1-3H3,(H,30,31)/b17-12+. The Bertz CT molecular complexity index is 1290. The fourth-order valence-corrected chi connectivity index (χ4v) is 3.62. The van der Waals surface area contributed by atoms with Crippen molar-refractivity contribution in [3.63, 3.8) is 0 Å². The van der Waals surface area contributed by atoms with Crippen LogP contribution in [0.2, 0.25) is 0 Å². The number of rotatable bonds is 5. The van der Waals surface area contributed by atoms with E-state index in [0.717, 1.165) is 17.2 Å². The van der Waals surface area contributed by atoms with E-state index in [-0.39, 0.29) is 5.41 Å². The summed E-state index contributed by atoms with van der Waals surface area (Å²) in [7, 11) is 0. The van der Waals surface area contributed by atoms with Gasteiger partial charge in [0.05, 0.1) is 0 Å². The number of aliphatic carboxylic acids is 1. The molecule has 0 aliphatic heterocycles. The number of fused-ring (bicyclic) bond motifs is 1. The predicted molar refractivity (Wildman–Crippen MR) is 131 cm³/mol. The van der Waals surface area contributed by atoms with Crippen LogP contribution in [0.15, 0.2) is 91.0 Å². The Balaban J connectivity index is 1.73. The third kappa shape index (κ3) is 4.89. The molecule has 4 aromatic rings. The third-order valence-electron chi connectivity index (χ3n) is 5.45. The molecule has 0 aliphatic rings. The van der Waals surface area contributed by atoms with Crippen molar-refractivity contribution in [2.24, 2.45) is 0 Å². The van der Waals surface area contributed by atoms with Gasteiger partial charge in [-0.05, 0) is 63.2 Å². The summed E-state index contributed by atoms with van der Waals surface area (Å²) in [5, 5.41) is 11.4. The summed E-state index contributed by atoms with van der Waals surface area (Å²) in [6, 6.07) is 28.5. The van der Waals surface area contributed by atoms with E-state index in [1.165, 1.54) is 16.3 Å². The highest BCUT2D eigenvalue weighted by Crippen LogP contribution is 2.34. The van der Waals surface area contributed by atoms with Gasteiger partial charge in [-0.15, -0.1) is 0 Å². The van der Waals surface area contributed by atoms with Crippen LogP contribution in [0, 0.1) is 0 Å². The summed E-state index contributed by atoms with van der Waals surface area (Å²) >= 11 is 0. The van der Waals surface area contributed by atoms with Crippen molar-refractivity contribution < 1.29 is 14.6 Å². The van der Waals surface area contributed by atoms with E-state index in [1.54, 1.807) is 6.08 Å². The zero-order chi connectivity index (χ0) is 22.7. The van der Waals surface area contributed by atoms with Crippen LogP contribution in [0.3, 0.4) is 0 Å². The van der Waals surface area contributed by atoms with Crippen LogP contribution in [0.5, 0.6) is 11.5 Å². The van der Waals surface area contributed by atoms with Gasteiger partial charge >= 0.3 is 5.97 Å². The molecule has 4 aromatic carbocycles. The van der Waals surface area contributed by atoms with Gasteiger partial charge in [-0.2, -0.15) is 0 Å². The molecule has 0 aromatic heterocycles. The van der Waals surface area contributed by atoms with Crippen LogP contribution in [0.1, 0.15) is 31.9 Å². The molecule has 0 saturated heterocycles. The topological polar surface area (TPSA) is 46.5 Å². The first-order chi connectivity index (χ1) is 15.3. The Morgan fingerprint density at radius 1 is 0.812 bits per heavy atom. The SMILES string of the molecule is CC(C)(C)c1ccc(Oc2cc(-c3ccc4ccccc4c3)ccc2/C=C/C(=O)O)cc1. The van der Waals surface area contributed by atoms with Crippen molar-refractivity contribution in [3.8, 4) is 22.6 Å². The molecule has 4 rings (SSSR count). The number of benzene rings is 4. The molecule has 0 amide bonds. The molecule has 0 heterocycles. The Morgan fingerprint density at radius 2 is 1.47 bits per heavy atom. The highest BCUT2D eigenvalue weighted by atomic mass is 16.5. The molecule has 0 bridgehead atoms. The van der Waals surface area contributed by atoms with Gasteiger partial charge in [-0.3, -0.25) is 0 Å². The van der Waals surface area contributed by atoms with E-state index in [4.69, 9.17) is 9.84 Å². The largest absolute Gasteiger partial charge is 0.478 e. The lowest BCUT2D eigenvalue weighted by molar-refractivity contribution is -0.131. The monoisotopic (exact) mass is 422 g/mol. The second-order valence-corrected chi connectivity index (χ2v) is 8.86. The molecule has 0 saturated carbocycles. The molecular weight excluding hydrogens is 396 g/mol. The van der Waals surface area contributed by atoms with Crippen molar-refractivity contribution in [2.45, 2.75) is 26.2 Å². The zero-order valence-corrected chi connectivity index (χ0v) is 18.5. The van der Waals surface area contributed by atoms with Crippen LogP contribution in [0.4, 0.5) is 0 Å². The first-order valence-electron chi connectivity index (χ1n) is 10.6. The number of hydrogen-bond acceptors (Lipinski definition) is 2. The quantitative estimate of drug-likeness (QED) is 0.335. The summed E-state index contributed by atoms with van der Waals surface area (Å²) in [5.74, 6) is 0.319. The van der Waals surface area contributed by atoms with Gasteiger partial charge in [0, 0.05) is 11.6 Å². The lowest BCUT2D eigenvalue weighted by atomic mass is 9.87. The number of ether oxygens (including phenoxy) is 1. The van der Waals surface area contributed by atoms with E-state index < -0.39 is 5.97 Å². The van der Waals surface area contributed by atoms with E-state index in [2.05, 4.69) is 63.2 Å². The van der Waals surface area contributed by atoms with Gasteiger partial charge in [0.15, 0.2) is 0 Å². The third-order valence-corrected chi connectivity index (χ3v) is 5.45. The number of carbonyl (C=O) groups is 1. The first kappa shape index (κ1) is 21.4. The smallest absolute Gasteiger partial charge is 0.328 e. The predicted octanol–water partition coefficient (Wildman–Crippen LogP) is 7.69. The maximum atomic E-state index is 11.1. The minimum absolute atomic E-state index is 0.0594. The van der Waals surface area contributed by atoms with E-state index in [0.29, 0.717) is 17.1 Å². The van der Waals surface area contributed by atoms with Gasteiger partial charge in [0.1, 0.15) is 11.5 Å². The minimum atomic E-state index is -0.996. The highest BCUT2D eigenvalue weighted by molar-refractivity contribution is 5.88. The van der Waals surface area contributed by atoms with Crippen LogP contribution in [-0.4, -0.2) is 11.1 Å². The van der Waals surface area contributed by atoms with Gasteiger partial charge in [0.25, 0.3) is 0 Å². The average Bonchev–Trinajstić information content (AvgIpc) is 2.77. The fourth-order valence-electron chi connectivity index (χ4n) is 3.62. The van der Waals surface area contributed by atoms with Crippen LogP contribution in [-0.2, 0) is 10.2 Å². The lowest BCUT2D eigenvalue weighted by Crippen LogP contribution is -2.10. The van der Waals surface area contributed by atoms with Gasteiger partial charge < -0.3 is 9.84 Å². The first-order valence-corrected chi connectivity index (χ1v) is 10.6. The van der Waals surface area contributed by atoms with Gasteiger partial charge in [-0.1, -0.05) is 81.4 Å². The summed E-state index contributed by atoms with van der Waals surface area (Å²) in [6.45, 7) is 6.51. The molecule has 0 aliphatic carbocycles. The summed E-state index contributed by atoms with van der Waals surface area (Å²) in [4.78, 5) is 11.1. The van der Waals surface area contributed by atoms with Crippen LogP contribution >= 0.6 is 0 Å². The molecular formula is C29H26O3. The number of hydrogen-bond donors (Lipinski definition) is 1. The minimum Gasteiger partial charge on any atom is -0.478 e. The second-order valence-electron chi connectivity index (χ2n) is 8.86. The summed E-state index contributed by atoms with van der Waals surface area (Å²) in [5.41, 5.74) is 4.07. The molecule has 1 N–H and O–H groups in total. The molecule has 160 valence electrons. The van der Waals surface area contributed by atoms with Crippen LogP contribution < -0.4 is 4.74 Å². The molecule has 0 radical (unpaired) electrons. The molecule has 3 nitrogen and oxygen atoms in total. The molecule has 0 fully saturated rings. The normalized spacial score (nSPS) is 11.7. The Labute approximate surface area is 188 Å². The van der Waals surface area contributed by atoms with Crippen molar-refractivity contribution in [3.05, 3.63) is 102 Å². The summed E-state index contributed by atoms with van der Waals surface area (Å²) in [6.07, 6.45) is 2.69. The Hall–Kier alpha value is -3.85.